The van der Waals surface area contributed by atoms with Gasteiger partial charge in [-0.1, -0.05) is 24.3 Å². The molecule has 1 aromatic heterocycles. The number of amides is 3. The van der Waals surface area contributed by atoms with Gasteiger partial charge in [0.15, 0.2) is 5.82 Å². The molecule has 240 valence electrons. The third-order valence-electron chi connectivity index (χ3n) is 9.23. The van der Waals surface area contributed by atoms with E-state index in [1.807, 2.05) is 12.1 Å². The number of nitrogens with zero attached hydrogens (tertiary/aromatic N) is 5. The van der Waals surface area contributed by atoms with Gasteiger partial charge in [0.05, 0.1) is 18.0 Å². The number of nitrogens with two attached hydrogens (primary N) is 2. The predicted molar refractivity (Wildman–Crippen MR) is 168 cm³/mol. The molecule has 12 nitrogen and oxygen atoms in total. The van der Waals surface area contributed by atoms with Gasteiger partial charge < -0.3 is 21.7 Å². The zero-order chi connectivity index (χ0) is 33.3. The standard InChI is InChI=1S/C34H34FN9O3/c1-19(17-36)44(26-10-11-26)30(45)18-39-29(20-4-8-25(35)9-5-20)16-34(33-40-42-43-41-33)27-12-6-23(31(37)46)14-21(27)2-3-22-15-24(32(38)47)7-13-28(22)34/h4-9,12-15,19,26,29,39H,2-3,10-11,16,18H2,1H3,(H2,37,46)(H2,38,47)(H,40,41,42,43)/t19?,29-/m0/s1. The number of fused-ring (bicyclic) bond motifs is 2. The molecular formula is C34H34FN9O3. The Balaban J connectivity index is 1.53. The first kappa shape index (κ1) is 31.5. The lowest BCUT2D eigenvalue weighted by molar-refractivity contribution is -0.132. The molecule has 13 heteroatoms. The maximum absolute atomic E-state index is 14.2. The number of primary amides is 2. The fraction of sp³-hybridized carbons (Fsp3) is 0.324. The number of nitrogens with one attached hydrogen (secondary N) is 2. The van der Waals surface area contributed by atoms with E-state index in [0.29, 0.717) is 35.4 Å². The highest BCUT2D eigenvalue weighted by molar-refractivity contribution is 5.94. The topological polar surface area (TPSA) is 197 Å². The minimum Gasteiger partial charge on any atom is -0.366 e. The summed E-state index contributed by atoms with van der Waals surface area (Å²) in [4.78, 5) is 39.7. The SMILES string of the molecule is CC(C#N)N(C(=O)CN[C@@H](CC1(c2nnn[nH]2)c2ccc(C(N)=O)cc2CCc2cc(C(N)=O)ccc21)c1ccc(F)cc1)C1CC1. The van der Waals surface area contributed by atoms with Crippen LogP contribution >= 0.6 is 0 Å². The first-order valence-electron chi connectivity index (χ1n) is 15.4. The lowest BCUT2D eigenvalue weighted by atomic mass is 9.67. The molecule has 3 amide bonds. The van der Waals surface area contributed by atoms with Gasteiger partial charge in [-0.3, -0.25) is 14.4 Å². The molecule has 0 saturated heterocycles. The van der Waals surface area contributed by atoms with E-state index in [4.69, 9.17) is 11.5 Å². The van der Waals surface area contributed by atoms with Gasteiger partial charge in [0, 0.05) is 23.2 Å². The first-order valence-corrected chi connectivity index (χ1v) is 15.4. The molecule has 1 fully saturated rings. The molecule has 0 spiro atoms. The molecule has 3 aromatic carbocycles. The van der Waals surface area contributed by atoms with Gasteiger partial charge >= 0.3 is 0 Å². The Kier molecular flexibility index (Phi) is 8.53. The monoisotopic (exact) mass is 635 g/mol. The number of hydrogen-bond donors (Lipinski definition) is 4. The summed E-state index contributed by atoms with van der Waals surface area (Å²) in [6.45, 7) is 1.62. The Morgan fingerprint density at radius 3 is 2.11 bits per heavy atom. The molecule has 4 aromatic rings. The minimum absolute atomic E-state index is 0.0225. The lowest BCUT2D eigenvalue weighted by Crippen LogP contribution is -2.46. The van der Waals surface area contributed by atoms with Crippen LogP contribution < -0.4 is 16.8 Å². The molecule has 1 saturated carbocycles. The van der Waals surface area contributed by atoms with Crippen LogP contribution in [0, 0.1) is 17.1 Å². The maximum Gasteiger partial charge on any atom is 0.248 e. The maximum atomic E-state index is 14.2. The predicted octanol–water partition coefficient (Wildman–Crippen LogP) is 2.59. The van der Waals surface area contributed by atoms with E-state index in [9.17, 15) is 24.0 Å². The molecule has 2 aliphatic carbocycles. The van der Waals surface area contributed by atoms with E-state index in [1.54, 1.807) is 48.2 Å². The molecule has 0 bridgehead atoms. The van der Waals surface area contributed by atoms with Crippen LogP contribution in [0.2, 0.25) is 0 Å². The Bertz CT molecular complexity index is 1800. The van der Waals surface area contributed by atoms with Crippen LogP contribution in [-0.2, 0) is 23.1 Å². The van der Waals surface area contributed by atoms with Crippen molar-refractivity contribution in [3.05, 3.63) is 111 Å². The number of tetrazole rings is 1. The number of carbonyl (C=O) groups excluding carboxylic acids is 3. The fourth-order valence-electron chi connectivity index (χ4n) is 6.83. The molecule has 47 heavy (non-hydrogen) atoms. The van der Waals surface area contributed by atoms with Crippen molar-refractivity contribution in [2.24, 2.45) is 11.5 Å². The van der Waals surface area contributed by atoms with Crippen molar-refractivity contribution in [3.63, 3.8) is 0 Å². The number of halogens is 1. The second-order valence-corrected chi connectivity index (χ2v) is 12.2. The van der Waals surface area contributed by atoms with Crippen molar-refractivity contribution in [1.82, 2.24) is 30.8 Å². The first-order chi connectivity index (χ1) is 22.6. The van der Waals surface area contributed by atoms with Crippen LogP contribution in [0.5, 0.6) is 0 Å². The molecule has 6 rings (SSSR count). The van der Waals surface area contributed by atoms with E-state index < -0.39 is 35.1 Å². The minimum atomic E-state index is -1.12. The third kappa shape index (κ3) is 6.07. The van der Waals surface area contributed by atoms with Gasteiger partial charge in [-0.2, -0.15) is 5.26 Å². The number of aryl methyl sites for hydroxylation is 2. The zero-order valence-corrected chi connectivity index (χ0v) is 25.7. The van der Waals surface area contributed by atoms with Crippen LogP contribution in [0.3, 0.4) is 0 Å². The summed E-state index contributed by atoms with van der Waals surface area (Å²) in [5.41, 5.74) is 14.8. The second-order valence-electron chi connectivity index (χ2n) is 12.2. The Morgan fingerprint density at radius 1 is 1.02 bits per heavy atom. The quantitative estimate of drug-likeness (QED) is 0.193. The summed E-state index contributed by atoms with van der Waals surface area (Å²) >= 11 is 0. The fourth-order valence-corrected chi connectivity index (χ4v) is 6.83. The Morgan fingerprint density at radius 2 is 1.62 bits per heavy atom. The largest absolute Gasteiger partial charge is 0.366 e. The molecule has 2 aliphatic rings. The second kappa shape index (κ2) is 12.7. The van der Waals surface area contributed by atoms with E-state index in [0.717, 1.165) is 35.1 Å². The number of nitriles is 1. The van der Waals surface area contributed by atoms with Crippen LogP contribution in [0.15, 0.2) is 60.7 Å². The van der Waals surface area contributed by atoms with Crippen molar-refractivity contribution < 1.29 is 18.8 Å². The van der Waals surface area contributed by atoms with E-state index in [2.05, 4.69) is 32.0 Å². The Labute approximate surface area is 270 Å². The van der Waals surface area contributed by atoms with Crippen molar-refractivity contribution in [2.45, 2.75) is 62.6 Å². The van der Waals surface area contributed by atoms with Crippen molar-refractivity contribution >= 4 is 17.7 Å². The van der Waals surface area contributed by atoms with Gasteiger partial charge in [-0.25, -0.2) is 9.49 Å². The summed E-state index contributed by atoms with van der Waals surface area (Å²) in [5, 5.41) is 28.3. The number of rotatable bonds is 11. The van der Waals surface area contributed by atoms with E-state index in [1.165, 1.54) is 12.1 Å². The average Bonchev–Trinajstić information content (AvgIpc) is 3.77. The summed E-state index contributed by atoms with van der Waals surface area (Å²) in [6, 6.07) is 17.6. The summed E-state index contributed by atoms with van der Waals surface area (Å²) < 4.78 is 14.2. The molecule has 2 atom stereocenters. The number of hydrogen-bond acceptors (Lipinski definition) is 8. The van der Waals surface area contributed by atoms with E-state index >= 15 is 0 Å². The number of aromatic amines is 1. The van der Waals surface area contributed by atoms with Gasteiger partial charge in [0.2, 0.25) is 17.7 Å². The van der Waals surface area contributed by atoms with Gasteiger partial charge in [0.1, 0.15) is 11.9 Å². The Hall–Kier alpha value is -5.48. The molecule has 0 radical (unpaired) electrons. The highest BCUT2D eigenvalue weighted by atomic mass is 19.1. The van der Waals surface area contributed by atoms with Gasteiger partial charge in [-0.05, 0) is 114 Å². The van der Waals surface area contributed by atoms with Crippen molar-refractivity contribution in [3.8, 4) is 6.07 Å². The molecule has 6 N–H and O–H groups in total. The number of aromatic nitrogens is 4. The molecule has 0 aliphatic heterocycles. The molecule has 1 unspecified atom stereocenters. The summed E-state index contributed by atoms with van der Waals surface area (Å²) in [5.74, 6) is -1.40. The molecular weight excluding hydrogens is 601 g/mol. The smallest absolute Gasteiger partial charge is 0.248 e. The molecule has 1 heterocycles. The summed E-state index contributed by atoms with van der Waals surface area (Å²) in [6.07, 6.45) is 2.92. The highest BCUT2D eigenvalue weighted by Gasteiger charge is 2.46. The van der Waals surface area contributed by atoms with E-state index in [-0.39, 0.29) is 24.9 Å². The van der Waals surface area contributed by atoms with Crippen LogP contribution in [0.4, 0.5) is 4.39 Å². The number of carbonyl (C=O) groups is 3. The zero-order valence-electron chi connectivity index (χ0n) is 25.7. The lowest BCUT2D eigenvalue weighted by Gasteiger charge is -2.38. The van der Waals surface area contributed by atoms with Crippen LogP contribution in [0.1, 0.15) is 86.6 Å². The van der Waals surface area contributed by atoms with Gasteiger partial charge in [-0.15, -0.1) is 5.10 Å². The average molecular weight is 636 g/mol. The van der Waals surface area contributed by atoms with Crippen molar-refractivity contribution in [2.75, 3.05) is 6.54 Å². The van der Waals surface area contributed by atoms with Crippen molar-refractivity contribution in [1.29, 1.82) is 5.26 Å². The van der Waals surface area contributed by atoms with Crippen LogP contribution in [0.25, 0.3) is 0 Å². The highest BCUT2D eigenvalue weighted by Crippen LogP contribution is 2.49. The number of benzene rings is 3. The third-order valence-corrected chi connectivity index (χ3v) is 9.23. The number of H-pyrrole nitrogens is 1. The van der Waals surface area contributed by atoms with Crippen LogP contribution in [-0.4, -0.2) is 61.9 Å². The normalized spacial score (nSPS) is 16.1. The van der Waals surface area contributed by atoms with Gasteiger partial charge in [0.25, 0.3) is 0 Å². The summed E-state index contributed by atoms with van der Waals surface area (Å²) in [7, 11) is 0.